The zero-order chi connectivity index (χ0) is 24.1. The van der Waals surface area contributed by atoms with Crippen molar-refractivity contribution in [2.75, 3.05) is 11.4 Å². The average molecular weight is 504 g/mol. The van der Waals surface area contributed by atoms with E-state index in [1.54, 1.807) is 24.3 Å². The van der Waals surface area contributed by atoms with Crippen molar-refractivity contribution in [1.29, 1.82) is 0 Å². The zero-order valence-corrected chi connectivity index (χ0v) is 19.8. The zero-order valence-electron chi connectivity index (χ0n) is 18.2. The van der Waals surface area contributed by atoms with Crippen LogP contribution in [-0.2, 0) is 26.3 Å². The first-order chi connectivity index (χ1) is 15.0. The van der Waals surface area contributed by atoms with Crippen LogP contribution in [0.3, 0.4) is 0 Å². The van der Waals surface area contributed by atoms with E-state index in [2.05, 4.69) is 42.4 Å². The summed E-state index contributed by atoms with van der Waals surface area (Å²) in [6.07, 6.45) is -0.326. The molecule has 2 aromatic rings. The molecule has 3 N–H and O–H groups in total. The molecule has 0 atom stereocenters. The number of aliphatic carboxylic acids is 1. The van der Waals surface area contributed by atoms with E-state index in [1.807, 2.05) is 24.3 Å². The third-order valence-electron chi connectivity index (χ3n) is 4.70. The largest absolute Gasteiger partial charge is 0.480 e. The van der Waals surface area contributed by atoms with Gasteiger partial charge in [-0.1, -0.05) is 57.2 Å². The van der Waals surface area contributed by atoms with Gasteiger partial charge in [0.1, 0.15) is 6.42 Å². The molecule has 0 spiro atoms. The smallest absolute Gasteiger partial charge is 0.338 e. The van der Waals surface area contributed by atoms with Crippen molar-refractivity contribution in [1.82, 2.24) is 4.90 Å². The van der Waals surface area contributed by atoms with Crippen molar-refractivity contribution in [3.05, 3.63) is 64.1 Å². The van der Waals surface area contributed by atoms with Crippen LogP contribution in [0.25, 0.3) is 0 Å². The molecule has 1 aliphatic rings. The first-order valence-electron chi connectivity index (χ1n) is 9.88. The number of halogens is 1. The fraction of sp³-hybridized carbons (Fsp3) is 0.304. The molecule has 0 saturated carbocycles. The highest BCUT2D eigenvalue weighted by Gasteiger charge is 2.39. The lowest BCUT2D eigenvalue weighted by Crippen LogP contribution is -2.55. The Hall–Kier alpha value is -3.04. The van der Waals surface area contributed by atoms with Crippen LogP contribution < -0.4 is 10.6 Å². The lowest BCUT2D eigenvalue weighted by atomic mass is 9.87. The van der Waals surface area contributed by atoms with E-state index in [-0.39, 0.29) is 24.9 Å². The highest BCUT2D eigenvalue weighted by atomic mass is 79.9. The van der Waals surface area contributed by atoms with E-state index < -0.39 is 23.8 Å². The van der Waals surface area contributed by atoms with Gasteiger partial charge < -0.3 is 10.8 Å². The predicted molar refractivity (Wildman–Crippen MR) is 124 cm³/mol. The van der Waals surface area contributed by atoms with Crippen molar-refractivity contribution < 1.29 is 24.3 Å². The maximum absolute atomic E-state index is 12.9. The quantitative estimate of drug-likeness (QED) is 0.614. The molecule has 170 valence electrons. The van der Waals surface area contributed by atoms with E-state index in [0.717, 1.165) is 15.4 Å². The fourth-order valence-corrected chi connectivity index (χ4v) is 3.42. The maximum Gasteiger partial charge on any atom is 0.338 e. The van der Waals surface area contributed by atoms with Gasteiger partial charge in [-0.05, 0) is 44.6 Å². The minimum atomic E-state index is -0.968. The average Bonchev–Trinajstić information content (AvgIpc) is 2.72. The number of hydrogen-bond acceptors (Lipinski definition) is 5. The molecule has 0 unspecified atom stereocenters. The lowest BCUT2D eigenvalue weighted by Gasteiger charge is -2.33. The molecule has 9 heteroatoms. The molecule has 8 nitrogen and oxygen atoms in total. The molecular formula is C23H26BrN3O5. The molecule has 2 aromatic carbocycles. The Morgan fingerprint density at radius 3 is 2.09 bits per heavy atom. The van der Waals surface area contributed by atoms with Crippen molar-refractivity contribution in [3.63, 3.8) is 0 Å². The summed E-state index contributed by atoms with van der Waals surface area (Å²) in [5.74, 6) is -1.96. The van der Waals surface area contributed by atoms with Gasteiger partial charge in [0.15, 0.2) is 0 Å². The molecule has 0 aliphatic carbocycles. The number of hydrogen-bond donors (Lipinski definition) is 2. The Bertz CT molecular complexity index is 1020. The predicted octanol–water partition coefficient (Wildman–Crippen LogP) is 3.66. The van der Waals surface area contributed by atoms with Crippen LogP contribution in [0.1, 0.15) is 38.3 Å². The van der Waals surface area contributed by atoms with Crippen molar-refractivity contribution in [2.45, 2.75) is 39.2 Å². The van der Waals surface area contributed by atoms with Gasteiger partial charge in [-0.3, -0.25) is 19.3 Å². The highest BCUT2D eigenvalue weighted by Crippen LogP contribution is 2.30. The second kappa shape index (κ2) is 10.5. The number of nitrogens with two attached hydrogens (primary N) is 1. The number of carboxylic acid groups (broad SMARTS) is 1. The van der Waals surface area contributed by atoms with Gasteiger partial charge in [-0.25, -0.2) is 9.69 Å². The first-order valence-corrected chi connectivity index (χ1v) is 10.7. The van der Waals surface area contributed by atoms with Crippen LogP contribution in [0.15, 0.2) is 53.0 Å². The number of imide groups is 2. The molecule has 0 radical (unpaired) electrons. The summed E-state index contributed by atoms with van der Waals surface area (Å²) in [5, 5.41) is 7.60. The number of para-hydroxylation sites is 1. The van der Waals surface area contributed by atoms with Crippen molar-refractivity contribution >= 4 is 45.4 Å². The number of urea groups is 1. The maximum atomic E-state index is 12.9. The molecule has 3 rings (SSSR count). The van der Waals surface area contributed by atoms with Crippen LogP contribution in [0.5, 0.6) is 0 Å². The number of anilines is 1. The number of rotatable bonds is 4. The summed E-state index contributed by atoms with van der Waals surface area (Å²) in [6.45, 7) is 6.24. The van der Waals surface area contributed by atoms with Gasteiger partial charge in [0.25, 0.3) is 0 Å². The molecule has 1 heterocycles. The fourth-order valence-electron chi connectivity index (χ4n) is 2.96. The monoisotopic (exact) mass is 503 g/mol. The second-order valence-corrected chi connectivity index (χ2v) is 9.02. The van der Waals surface area contributed by atoms with E-state index in [4.69, 9.17) is 5.11 Å². The van der Waals surface area contributed by atoms with Crippen LogP contribution in [0.2, 0.25) is 0 Å². The number of carbonyl (C=O) groups excluding carboxylic acids is 3. The van der Waals surface area contributed by atoms with Gasteiger partial charge in [0, 0.05) is 4.47 Å². The second-order valence-electron chi connectivity index (χ2n) is 8.16. The third-order valence-corrected chi connectivity index (χ3v) is 5.37. The van der Waals surface area contributed by atoms with Crippen molar-refractivity contribution in [3.8, 4) is 0 Å². The Balaban J connectivity index is 0.000000654. The summed E-state index contributed by atoms with van der Waals surface area (Å²) < 4.78 is 0.621. The summed E-state index contributed by atoms with van der Waals surface area (Å²) in [4.78, 5) is 49.1. The number of barbiturate groups is 1. The van der Waals surface area contributed by atoms with E-state index >= 15 is 0 Å². The lowest BCUT2D eigenvalue weighted by molar-refractivity contribution is -0.136. The Morgan fingerprint density at radius 2 is 1.59 bits per heavy atom. The number of carboxylic acids is 1. The number of nitrogens with zero attached hydrogens (tertiary/aromatic N) is 2. The molecule has 0 aromatic heterocycles. The highest BCUT2D eigenvalue weighted by molar-refractivity contribution is 9.10. The van der Waals surface area contributed by atoms with Gasteiger partial charge in [-0.15, -0.1) is 0 Å². The minimum Gasteiger partial charge on any atom is -0.480 e. The molecule has 32 heavy (non-hydrogen) atoms. The topological polar surface area (TPSA) is 121 Å². The van der Waals surface area contributed by atoms with Gasteiger partial charge in [0.05, 0.1) is 18.8 Å². The Kier molecular flexibility index (Phi) is 8.29. The molecule has 4 amide bonds. The first kappa shape index (κ1) is 25.2. The summed E-state index contributed by atoms with van der Waals surface area (Å²) in [5.41, 5.74) is 7.05. The van der Waals surface area contributed by atoms with E-state index in [1.165, 1.54) is 5.56 Å². The standard InChI is InChI=1S/C21H21BrN2O3.C2H5NO2/c1-21(2,3)15-10-8-14(9-11-15)13-23-18(25)12-19(26)24(20(23)27)17-7-5-4-6-16(17)22;3-1-2(4)5/h4-11H,12-13H2,1-3H3;1,3H2,(H,4,5). The Morgan fingerprint density at radius 1 is 1.03 bits per heavy atom. The van der Waals surface area contributed by atoms with Crippen LogP contribution in [0.4, 0.5) is 10.5 Å². The molecular weight excluding hydrogens is 478 g/mol. The minimum absolute atomic E-state index is 0.0259. The van der Waals surface area contributed by atoms with Gasteiger partial charge in [-0.2, -0.15) is 0 Å². The summed E-state index contributed by atoms with van der Waals surface area (Å²) in [7, 11) is 0. The molecule has 0 bridgehead atoms. The van der Waals surface area contributed by atoms with Crippen LogP contribution in [0, 0.1) is 0 Å². The van der Waals surface area contributed by atoms with Gasteiger partial charge in [0.2, 0.25) is 11.8 Å². The SMILES string of the molecule is CC(C)(C)c1ccc(CN2C(=O)CC(=O)N(c3ccccc3Br)C2=O)cc1.NCC(=O)O. The molecule has 1 aliphatic heterocycles. The normalized spacial score (nSPS) is 14.2. The summed E-state index contributed by atoms with van der Waals surface area (Å²) >= 11 is 3.37. The Labute approximate surface area is 195 Å². The van der Waals surface area contributed by atoms with Gasteiger partial charge >= 0.3 is 12.0 Å². The number of benzene rings is 2. The van der Waals surface area contributed by atoms with Crippen LogP contribution in [-0.4, -0.2) is 40.4 Å². The number of carbonyl (C=O) groups is 4. The summed E-state index contributed by atoms with van der Waals surface area (Å²) in [6, 6.07) is 14.2. The third kappa shape index (κ3) is 6.24. The van der Waals surface area contributed by atoms with E-state index in [0.29, 0.717) is 10.2 Å². The van der Waals surface area contributed by atoms with E-state index in [9.17, 15) is 19.2 Å². The number of amides is 4. The molecule has 1 saturated heterocycles. The van der Waals surface area contributed by atoms with Crippen molar-refractivity contribution in [2.24, 2.45) is 5.73 Å². The molecule has 1 fully saturated rings. The van der Waals surface area contributed by atoms with Crippen LogP contribution >= 0.6 is 15.9 Å².